The van der Waals surface area contributed by atoms with Crippen LogP contribution in [-0.4, -0.2) is 40.0 Å². The zero-order valence-corrected chi connectivity index (χ0v) is 18.0. The number of aromatic nitrogens is 2. The van der Waals surface area contributed by atoms with Gasteiger partial charge >= 0.3 is 0 Å². The Labute approximate surface area is 187 Å². The molecule has 4 rings (SSSR count). The summed E-state index contributed by atoms with van der Waals surface area (Å²) >= 11 is 6.08. The first-order valence-electron chi connectivity index (χ1n) is 10.4. The van der Waals surface area contributed by atoms with E-state index in [0.717, 1.165) is 43.1 Å². The fraction of sp³-hybridized carbons (Fsp3) is 0.292. The smallest absolute Gasteiger partial charge is 0.251 e. The molecule has 0 saturated carbocycles. The zero-order valence-electron chi connectivity index (χ0n) is 17.2. The van der Waals surface area contributed by atoms with E-state index >= 15 is 0 Å². The predicted molar refractivity (Wildman–Crippen MR) is 120 cm³/mol. The van der Waals surface area contributed by atoms with E-state index in [2.05, 4.69) is 26.3 Å². The molecule has 160 valence electrons. The minimum Gasteiger partial charge on any atom is -0.474 e. The molecular weight excluding hydrogens is 412 g/mol. The third-order valence-corrected chi connectivity index (χ3v) is 5.55. The van der Waals surface area contributed by atoms with Crippen LogP contribution in [0, 0.1) is 0 Å². The highest BCUT2D eigenvalue weighted by atomic mass is 35.5. The Hall–Kier alpha value is -2.96. The number of nitrogens with zero attached hydrogens (tertiary/aromatic N) is 3. The van der Waals surface area contributed by atoms with Crippen LogP contribution in [0.15, 0.2) is 67.1 Å². The average Bonchev–Trinajstić information content (AvgIpc) is 2.80. The Morgan fingerprint density at radius 2 is 1.90 bits per heavy atom. The number of rotatable bonds is 7. The lowest BCUT2D eigenvalue weighted by Crippen LogP contribution is -2.37. The first-order chi connectivity index (χ1) is 15.2. The van der Waals surface area contributed by atoms with Gasteiger partial charge in [-0.05, 0) is 48.2 Å². The molecule has 1 aliphatic heterocycles. The van der Waals surface area contributed by atoms with Crippen molar-refractivity contribution in [2.24, 2.45) is 0 Å². The van der Waals surface area contributed by atoms with Gasteiger partial charge in [-0.25, -0.2) is 4.98 Å². The van der Waals surface area contributed by atoms with Gasteiger partial charge in [0.25, 0.3) is 5.91 Å². The summed E-state index contributed by atoms with van der Waals surface area (Å²) in [5, 5.41) is 3.66. The number of amides is 1. The van der Waals surface area contributed by atoms with Crippen molar-refractivity contribution in [1.82, 2.24) is 20.2 Å². The van der Waals surface area contributed by atoms with Gasteiger partial charge in [0.15, 0.2) is 0 Å². The number of hydrogen-bond acceptors (Lipinski definition) is 5. The maximum atomic E-state index is 12.1. The van der Waals surface area contributed by atoms with Gasteiger partial charge in [0.2, 0.25) is 5.88 Å². The molecule has 1 amide bonds. The molecule has 0 atom stereocenters. The lowest BCUT2D eigenvalue weighted by atomic mass is 10.1. The minimum atomic E-state index is -0.132. The zero-order chi connectivity index (χ0) is 21.5. The van der Waals surface area contributed by atoms with Crippen LogP contribution < -0.4 is 10.1 Å². The van der Waals surface area contributed by atoms with E-state index in [1.165, 1.54) is 5.56 Å². The second kappa shape index (κ2) is 10.4. The summed E-state index contributed by atoms with van der Waals surface area (Å²) < 4.78 is 6.07. The summed E-state index contributed by atoms with van der Waals surface area (Å²) in [6.07, 6.45) is 7.05. The summed E-state index contributed by atoms with van der Waals surface area (Å²) in [4.78, 5) is 22.9. The van der Waals surface area contributed by atoms with E-state index < -0.39 is 0 Å². The Kier molecular flexibility index (Phi) is 7.12. The third-order valence-electron chi connectivity index (χ3n) is 5.31. The number of likely N-dealkylation sites (tertiary alicyclic amines) is 1. The predicted octanol–water partition coefficient (Wildman–Crippen LogP) is 4.10. The third kappa shape index (κ3) is 6.26. The molecule has 3 heterocycles. The van der Waals surface area contributed by atoms with Crippen molar-refractivity contribution in [2.45, 2.75) is 32.0 Å². The molecule has 2 aromatic heterocycles. The maximum Gasteiger partial charge on any atom is 0.251 e. The van der Waals surface area contributed by atoms with Gasteiger partial charge in [-0.15, -0.1) is 0 Å². The Balaban J connectivity index is 1.21. The molecule has 0 bridgehead atoms. The molecule has 31 heavy (non-hydrogen) atoms. The van der Waals surface area contributed by atoms with Crippen molar-refractivity contribution in [3.63, 3.8) is 0 Å². The second-order valence-corrected chi connectivity index (χ2v) is 8.08. The van der Waals surface area contributed by atoms with Crippen LogP contribution >= 0.6 is 11.6 Å². The van der Waals surface area contributed by atoms with Crippen LogP contribution in [0.3, 0.4) is 0 Å². The highest BCUT2D eigenvalue weighted by molar-refractivity contribution is 6.30. The largest absolute Gasteiger partial charge is 0.474 e. The molecule has 1 fully saturated rings. The Morgan fingerprint density at radius 1 is 1.10 bits per heavy atom. The highest BCUT2D eigenvalue weighted by Gasteiger charge is 2.21. The van der Waals surface area contributed by atoms with Crippen molar-refractivity contribution in [3.05, 3.63) is 88.8 Å². The van der Waals surface area contributed by atoms with E-state index in [-0.39, 0.29) is 12.0 Å². The van der Waals surface area contributed by atoms with E-state index in [4.69, 9.17) is 16.3 Å². The Bertz CT molecular complexity index is 990. The molecule has 7 heteroatoms. The van der Waals surface area contributed by atoms with Crippen LogP contribution in [0.2, 0.25) is 5.02 Å². The summed E-state index contributed by atoms with van der Waals surface area (Å²) in [6, 6.07) is 15.2. The van der Waals surface area contributed by atoms with Crippen molar-refractivity contribution in [3.8, 4) is 5.88 Å². The van der Waals surface area contributed by atoms with Crippen molar-refractivity contribution in [1.29, 1.82) is 0 Å². The number of piperidine rings is 1. The van der Waals surface area contributed by atoms with Crippen LogP contribution in [0.25, 0.3) is 0 Å². The minimum absolute atomic E-state index is 0.132. The van der Waals surface area contributed by atoms with E-state index in [1.807, 2.05) is 30.3 Å². The Morgan fingerprint density at radius 3 is 2.61 bits per heavy atom. The molecule has 6 nitrogen and oxygen atoms in total. The van der Waals surface area contributed by atoms with E-state index in [1.54, 1.807) is 30.7 Å². The number of ether oxygens (including phenoxy) is 1. The fourth-order valence-electron chi connectivity index (χ4n) is 3.62. The number of benzene rings is 1. The average molecular weight is 437 g/mol. The molecule has 1 N–H and O–H groups in total. The number of carbonyl (C=O) groups excluding carboxylic acids is 1. The maximum absolute atomic E-state index is 12.1. The van der Waals surface area contributed by atoms with Gasteiger partial charge < -0.3 is 10.1 Å². The number of nitrogens with one attached hydrogen (secondary N) is 1. The number of carbonyl (C=O) groups is 1. The summed E-state index contributed by atoms with van der Waals surface area (Å²) in [6.45, 7) is 3.29. The van der Waals surface area contributed by atoms with Crippen molar-refractivity contribution >= 4 is 17.5 Å². The highest BCUT2D eigenvalue weighted by Crippen LogP contribution is 2.20. The molecule has 0 unspecified atom stereocenters. The van der Waals surface area contributed by atoms with Gasteiger partial charge in [0, 0.05) is 61.4 Å². The summed E-state index contributed by atoms with van der Waals surface area (Å²) in [5.74, 6) is 0.491. The first-order valence-corrected chi connectivity index (χ1v) is 10.8. The first kappa shape index (κ1) is 21.3. The molecule has 1 saturated heterocycles. The van der Waals surface area contributed by atoms with Gasteiger partial charge in [-0.1, -0.05) is 29.8 Å². The molecule has 1 aromatic carbocycles. The standard InChI is InChI=1S/C24H25ClN4O2/c25-21-3-1-2-18(14-21)17-29-12-8-22(9-13-29)31-23-5-4-19(15-27-23)16-28-24(30)20-6-10-26-11-7-20/h1-7,10-11,14-15,22H,8-9,12-13,16-17H2,(H,28,30). The molecule has 0 spiro atoms. The number of pyridine rings is 2. The van der Waals surface area contributed by atoms with E-state index in [9.17, 15) is 4.79 Å². The normalized spacial score (nSPS) is 14.9. The van der Waals surface area contributed by atoms with E-state index in [0.29, 0.717) is 18.0 Å². The quantitative estimate of drug-likeness (QED) is 0.603. The summed E-state index contributed by atoms with van der Waals surface area (Å²) in [7, 11) is 0. The fourth-order valence-corrected chi connectivity index (χ4v) is 3.84. The van der Waals surface area contributed by atoms with Crippen molar-refractivity contribution < 1.29 is 9.53 Å². The monoisotopic (exact) mass is 436 g/mol. The topological polar surface area (TPSA) is 67.3 Å². The van der Waals surface area contributed by atoms with Gasteiger partial charge in [0.1, 0.15) is 6.10 Å². The molecule has 1 aliphatic rings. The van der Waals surface area contributed by atoms with Gasteiger partial charge in [-0.3, -0.25) is 14.7 Å². The molecular formula is C24H25ClN4O2. The molecule has 0 aliphatic carbocycles. The van der Waals surface area contributed by atoms with Crippen LogP contribution in [0.5, 0.6) is 5.88 Å². The lowest BCUT2D eigenvalue weighted by molar-refractivity contribution is 0.0932. The SMILES string of the molecule is O=C(NCc1ccc(OC2CCN(Cc3cccc(Cl)c3)CC2)nc1)c1ccncc1. The van der Waals surface area contributed by atoms with Gasteiger partial charge in [-0.2, -0.15) is 0 Å². The lowest BCUT2D eigenvalue weighted by Gasteiger charge is -2.31. The molecule has 0 radical (unpaired) electrons. The molecule has 3 aromatic rings. The number of halogens is 1. The summed E-state index contributed by atoms with van der Waals surface area (Å²) in [5.41, 5.74) is 2.75. The van der Waals surface area contributed by atoms with Crippen LogP contribution in [-0.2, 0) is 13.1 Å². The van der Waals surface area contributed by atoms with Crippen molar-refractivity contribution in [2.75, 3.05) is 13.1 Å². The number of hydrogen-bond donors (Lipinski definition) is 1. The van der Waals surface area contributed by atoms with Gasteiger partial charge in [0.05, 0.1) is 0 Å². The van der Waals surface area contributed by atoms with Crippen LogP contribution in [0.1, 0.15) is 34.3 Å². The van der Waals surface area contributed by atoms with Crippen LogP contribution in [0.4, 0.5) is 0 Å². The second-order valence-electron chi connectivity index (χ2n) is 7.65.